The summed E-state index contributed by atoms with van der Waals surface area (Å²) in [4.78, 5) is 30.6. The van der Waals surface area contributed by atoms with Crippen LogP contribution in [0.25, 0.3) is 0 Å². The van der Waals surface area contributed by atoms with Crippen LogP contribution in [0, 0.1) is 6.92 Å². The fraction of sp³-hybridized carbons (Fsp3) is 0.353. The van der Waals surface area contributed by atoms with E-state index in [1.54, 1.807) is 6.92 Å². The maximum absolute atomic E-state index is 12.5. The van der Waals surface area contributed by atoms with Crippen molar-refractivity contribution < 1.29 is 9.53 Å². The number of aryl methyl sites for hydroxylation is 1. The van der Waals surface area contributed by atoms with E-state index in [2.05, 4.69) is 17.1 Å². The van der Waals surface area contributed by atoms with E-state index in [-0.39, 0.29) is 23.8 Å². The molecule has 0 saturated heterocycles. The Morgan fingerprint density at radius 2 is 2.04 bits per heavy atom. The number of fused-ring (bicyclic) bond motifs is 1. The van der Waals surface area contributed by atoms with Gasteiger partial charge in [-0.05, 0) is 19.4 Å². The Kier molecular flexibility index (Phi) is 3.90. The van der Waals surface area contributed by atoms with E-state index in [0.29, 0.717) is 12.5 Å². The second-order valence-corrected chi connectivity index (χ2v) is 5.65. The lowest BCUT2D eigenvalue weighted by molar-refractivity contribution is 0.0523. The number of esters is 1. The number of aromatic nitrogens is 2. The minimum atomic E-state index is -0.623. The van der Waals surface area contributed by atoms with E-state index < -0.39 is 5.97 Å². The topological polar surface area (TPSA) is 64.4 Å². The smallest absolute Gasteiger partial charge is 0.345 e. The quantitative estimate of drug-likeness (QED) is 0.810. The van der Waals surface area contributed by atoms with Gasteiger partial charge in [-0.3, -0.25) is 9.36 Å². The maximum Gasteiger partial charge on any atom is 0.345 e. The Labute approximate surface area is 134 Å². The summed E-state index contributed by atoms with van der Waals surface area (Å²) in [6, 6.07) is 8.23. The van der Waals surface area contributed by atoms with Crippen molar-refractivity contribution in [3.63, 3.8) is 0 Å². The van der Waals surface area contributed by atoms with Gasteiger partial charge in [0.25, 0.3) is 5.56 Å². The molecule has 0 saturated carbocycles. The number of rotatable bonds is 3. The van der Waals surface area contributed by atoms with E-state index in [4.69, 9.17) is 4.74 Å². The highest BCUT2D eigenvalue weighted by Crippen LogP contribution is 2.31. The molecule has 3 rings (SSSR count). The summed E-state index contributed by atoms with van der Waals surface area (Å²) in [5.41, 5.74) is 1.93. The Morgan fingerprint density at radius 1 is 1.35 bits per heavy atom. The fourth-order valence-corrected chi connectivity index (χ4v) is 2.83. The van der Waals surface area contributed by atoms with Crippen molar-refractivity contribution in [3.05, 3.63) is 57.5 Å². The second kappa shape index (κ2) is 5.87. The van der Waals surface area contributed by atoms with Gasteiger partial charge in [0.1, 0.15) is 5.56 Å². The van der Waals surface area contributed by atoms with Crippen molar-refractivity contribution in [2.24, 2.45) is 0 Å². The Morgan fingerprint density at radius 3 is 2.70 bits per heavy atom. The van der Waals surface area contributed by atoms with Gasteiger partial charge in [0.15, 0.2) is 0 Å². The van der Waals surface area contributed by atoms with E-state index >= 15 is 0 Å². The third-order valence-corrected chi connectivity index (χ3v) is 4.12. The zero-order chi connectivity index (χ0) is 16.6. The summed E-state index contributed by atoms with van der Waals surface area (Å²) in [7, 11) is 1.90. The molecule has 1 aromatic carbocycles. The molecule has 2 aromatic rings. The van der Waals surface area contributed by atoms with Crippen LogP contribution in [0.15, 0.2) is 35.3 Å². The minimum absolute atomic E-state index is 0.0199. The first-order valence-corrected chi connectivity index (χ1v) is 7.59. The summed E-state index contributed by atoms with van der Waals surface area (Å²) in [5, 5.41) is 0. The third kappa shape index (κ3) is 2.60. The molecule has 0 aliphatic carbocycles. The van der Waals surface area contributed by atoms with Crippen LogP contribution >= 0.6 is 0 Å². The SMILES string of the molecule is CCOC(=O)c1cnc2n(c1=O)CC(c1ccc(C)cc1)N2C. The molecule has 23 heavy (non-hydrogen) atoms. The van der Waals surface area contributed by atoms with Crippen molar-refractivity contribution in [2.45, 2.75) is 26.4 Å². The standard InChI is InChI=1S/C17H19N3O3/c1-4-23-16(22)13-9-18-17-19(3)14(10-20(17)15(13)21)12-7-5-11(2)6-8-12/h5-9,14H,4,10H2,1-3H3. The first-order valence-electron chi connectivity index (χ1n) is 7.59. The molecule has 6 nitrogen and oxygen atoms in total. The molecule has 1 aromatic heterocycles. The van der Waals surface area contributed by atoms with E-state index in [1.165, 1.54) is 16.3 Å². The van der Waals surface area contributed by atoms with Crippen LogP contribution in [0.2, 0.25) is 0 Å². The molecular formula is C17H19N3O3. The number of anilines is 1. The zero-order valence-corrected chi connectivity index (χ0v) is 13.4. The number of benzene rings is 1. The summed E-state index contributed by atoms with van der Waals surface area (Å²) in [5.74, 6) is -0.0598. The molecule has 1 aliphatic rings. The van der Waals surface area contributed by atoms with Gasteiger partial charge in [0, 0.05) is 7.05 Å². The lowest BCUT2D eigenvalue weighted by Crippen LogP contribution is -2.27. The number of nitrogens with zero attached hydrogens (tertiary/aromatic N) is 3. The number of carbonyl (C=O) groups excluding carboxylic acids is 1. The molecule has 1 atom stereocenters. The van der Waals surface area contributed by atoms with Crippen molar-refractivity contribution in [1.29, 1.82) is 0 Å². The first-order chi connectivity index (χ1) is 11.0. The Bertz CT molecular complexity index is 796. The Balaban J connectivity index is 1.97. The minimum Gasteiger partial charge on any atom is -0.462 e. The van der Waals surface area contributed by atoms with Gasteiger partial charge in [0.2, 0.25) is 5.95 Å². The van der Waals surface area contributed by atoms with Crippen LogP contribution in [0.1, 0.15) is 34.5 Å². The Hall–Kier alpha value is -2.63. The molecule has 0 bridgehead atoms. The van der Waals surface area contributed by atoms with Crippen molar-refractivity contribution in [1.82, 2.24) is 9.55 Å². The molecule has 120 valence electrons. The first kappa shape index (κ1) is 15.3. The van der Waals surface area contributed by atoms with Gasteiger partial charge < -0.3 is 9.64 Å². The number of hydrogen-bond donors (Lipinski definition) is 0. The highest BCUT2D eigenvalue weighted by molar-refractivity contribution is 5.88. The van der Waals surface area contributed by atoms with E-state index in [0.717, 1.165) is 5.56 Å². The van der Waals surface area contributed by atoms with Gasteiger partial charge in [-0.25, -0.2) is 9.78 Å². The average Bonchev–Trinajstić information content (AvgIpc) is 2.87. The van der Waals surface area contributed by atoms with Crippen LogP contribution in [-0.4, -0.2) is 29.2 Å². The van der Waals surface area contributed by atoms with Crippen molar-refractivity contribution in [3.8, 4) is 0 Å². The molecular weight excluding hydrogens is 294 g/mol. The molecule has 2 heterocycles. The molecule has 0 N–H and O–H groups in total. The molecule has 6 heteroatoms. The average molecular weight is 313 g/mol. The second-order valence-electron chi connectivity index (χ2n) is 5.65. The van der Waals surface area contributed by atoms with Gasteiger partial charge in [0.05, 0.1) is 25.4 Å². The van der Waals surface area contributed by atoms with Crippen LogP contribution in [0.5, 0.6) is 0 Å². The van der Waals surface area contributed by atoms with Gasteiger partial charge in [-0.1, -0.05) is 29.8 Å². The van der Waals surface area contributed by atoms with Crippen LogP contribution in [-0.2, 0) is 11.3 Å². The number of hydrogen-bond acceptors (Lipinski definition) is 5. The predicted molar refractivity (Wildman–Crippen MR) is 86.8 cm³/mol. The van der Waals surface area contributed by atoms with Crippen LogP contribution in [0.4, 0.5) is 5.95 Å². The molecule has 0 fully saturated rings. The fourth-order valence-electron chi connectivity index (χ4n) is 2.83. The molecule has 0 spiro atoms. The summed E-state index contributed by atoms with van der Waals surface area (Å²) < 4.78 is 6.45. The van der Waals surface area contributed by atoms with Gasteiger partial charge in [-0.2, -0.15) is 0 Å². The van der Waals surface area contributed by atoms with E-state index in [1.807, 2.05) is 31.0 Å². The monoisotopic (exact) mass is 313 g/mol. The highest BCUT2D eigenvalue weighted by atomic mass is 16.5. The lowest BCUT2D eigenvalue weighted by Gasteiger charge is -2.20. The third-order valence-electron chi connectivity index (χ3n) is 4.12. The van der Waals surface area contributed by atoms with Crippen LogP contribution in [0.3, 0.4) is 0 Å². The largest absolute Gasteiger partial charge is 0.462 e. The molecule has 0 amide bonds. The summed E-state index contributed by atoms with van der Waals surface area (Å²) in [6.07, 6.45) is 1.31. The summed E-state index contributed by atoms with van der Waals surface area (Å²) >= 11 is 0. The van der Waals surface area contributed by atoms with Crippen molar-refractivity contribution in [2.75, 3.05) is 18.6 Å². The molecule has 0 radical (unpaired) electrons. The van der Waals surface area contributed by atoms with Crippen LogP contribution < -0.4 is 10.5 Å². The molecule has 1 aliphatic heterocycles. The zero-order valence-electron chi connectivity index (χ0n) is 13.4. The highest BCUT2D eigenvalue weighted by Gasteiger charge is 2.31. The lowest BCUT2D eigenvalue weighted by atomic mass is 10.1. The molecule has 1 unspecified atom stereocenters. The number of carbonyl (C=O) groups is 1. The predicted octanol–water partition coefficient (Wildman–Crippen LogP) is 1.92. The normalized spacial score (nSPS) is 16.3. The van der Waals surface area contributed by atoms with Crippen molar-refractivity contribution >= 4 is 11.9 Å². The van der Waals surface area contributed by atoms with E-state index in [9.17, 15) is 9.59 Å². The number of ether oxygens (including phenoxy) is 1. The van der Waals surface area contributed by atoms with Gasteiger partial charge >= 0.3 is 5.97 Å². The maximum atomic E-state index is 12.5. The van der Waals surface area contributed by atoms with Gasteiger partial charge in [-0.15, -0.1) is 0 Å². The summed E-state index contributed by atoms with van der Waals surface area (Å²) in [6.45, 7) is 4.44. The number of likely N-dealkylation sites (N-methyl/N-ethyl adjacent to an activating group) is 1.